The van der Waals surface area contributed by atoms with Gasteiger partial charge in [-0.05, 0) is 36.1 Å². The van der Waals surface area contributed by atoms with E-state index < -0.39 is 0 Å². The van der Waals surface area contributed by atoms with Gasteiger partial charge in [-0.15, -0.1) is 0 Å². The van der Waals surface area contributed by atoms with Crippen LogP contribution in [0.2, 0.25) is 0 Å². The Bertz CT molecular complexity index is 807. The lowest BCUT2D eigenvalue weighted by Gasteiger charge is -2.15. The first-order valence-corrected chi connectivity index (χ1v) is 8.06. The molecule has 0 bridgehead atoms. The fourth-order valence-corrected chi connectivity index (χ4v) is 3.50. The topological polar surface area (TPSA) is 65.3 Å². The van der Waals surface area contributed by atoms with Crippen LogP contribution in [-0.4, -0.2) is 39.3 Å². The van der Waals surface area contributed by atoms with Crippen LogP contribution in [0.1, 0.15) is 17.0 Å². The van der Waals surface area contributed by atoms with Gasteiger partial charge < -0.3 is 14.6 Å². The maximum Gasteiger partial charge on any atom is 0.137 e. The predicted molar refractivity (Wildman–Crippen MR) is 88.0 cm³/mol. The van der Waals surface area contributed by atoms with Gasteiger partial charge in [0.15, 0.2) is 0 Å². The maximum atomic E-state index is 10.3. The van der Waals surface area contributed by atoms with Crippen molar-refractivity contribution in [2.24, 2.45) is 5.92 Å². The molecule has 0 saturated carbocycles. The molecule has 0 unspecified atom stereocenters. The third-order valence-corrected chi connectivity index (χ3v) is 4.65. The number of fused-ring (bicyclic) bond motifs is 1. The number of β-amino-alcohol motifs (C(OH)–C–C–N with tert-alkyl or cyclic N) is 1. The molecule has 4 rings (SSSR count). The van der Waals surface area contributed by atoms with Crippen molar-refractivity contribution < 1.29 is 9.63 Å². The number of rotatable bonds is 4. The minimum Gasteiger partial charge on any atom is -0.391 e. The molecule has 0 aliphatic carbocycles. The van der Waals surface area contributed by atoms with Crippen LogP contribution in [0.3, 0.4) is 0 Å². The molecule has 1 saturated heterocycles. The molecule has 1 aliphatic rings. The molecule has 3 aromatic rings. The van der Waals surface area contributed by atoms with Crippen LogP contribution in [0, 0.1) is 12.8 Å². The molecule has 0 radical (unpaired) electrons. The molecule has 3 heterocycles. The SMILES string of the molecule is Cc1cc(C[C@@H]2CN(Cc3ccc4[nH]ccc4c3)C[C@H]2O)on1. The smallest absolute Gasteiger partial charge is 0.137 e. The molecule has 120 valence electrons. The van der Waals surface area contributed by atoms with Gasteiger partial charge in [0.25, 0.3) is 0 Å². The number of aromatic amines is 1. The molecule has 0 amide bonds. The summed E-state index contributed by atoms with van der Waals surface area (Å²) in [6.45, 7) is 4.38. The number of nitrogens with zero attached hydrogens (tertiary/aromatic N) is 2. The number of aryl methyl sites for hydroxylation is 1. The van der Waals surface area contributed by atoms with Crippen LogP contribution in [0.15, 0.2) is 41.1 Å². The van der Waals surface area contributed by atoms with Crippen molar-refractivity contribution in [3.63, 3.8) is 0 Å². The number of aliphatic hydroxyl groups excluding tert-OH is 1. The van der Waals surface area contributed by atoms with Crippen LogP contribution in [0.25, 0.3) is 10.9 Å². The van der Waals surface area contributed by atoms with Crippen LogP contribution in [0.4, 0.5) is 0 Å². The minimum absolute atomic E-state index is 0.207. The second kappa shape index (κ2) is 5.83. The number of aromatic nitrogens is 2. The van der Waals surface area contributed by atoms with Gasteiger partial charge >= 0.3 is 0 Å². The Morgan fingerprint density at radius 1 is 1.30 bits per heavy atom. The van der Waals surface area contributed by atoms with Crippen molar-refractivity contribution >= 4 is 10.9 Å². The van der Waals surface area contributed by atoms with E-state index in [2.05, 4.69) is 39.3 Å². The number of benzene rings is 1. The zero-order valence-corrected chi connectivity index (χ0v) is 13.2. The van der Waals surface area contributed by atoms with Crippen molar-refractivity contribution in [2.75, 3.05) is 13.1 Å². The highest BCUT2D eigenvalue weighted by Crippen LogP contribution is 2.24. The van der Waals surface area contributed by atoms with E-state index in [-0.39, 0.29) is 12.0 Å². The zero-order valence-electron chi connectivity index (χ0n) is 13.2. The van der Waals surface area contributed by atoms with Crippen LogP contribution in [-0.2, 0) is 13.0 Å². The molecule has 1 fully saturated rings. The third-order valence-electron chi connectivity index (χ3n) is 4.65. The van der Waals surface area contributed by atoms with Gasteiger partial charge in [0.2, 0.25) is 0 Å². The molecule has 1 aliphatic heterocycles. The summed E-state index contributed by atoms with van der Waals surface area (Å²) in [6.07, 6.45) is 2.40. The number of aliphatic hydroxyl groups is 1. The van der Waals surface area contributed by atoms with Gasteiger partial charge in [-0.3, -0.25) is 4.90 Å². The van der Waals surface area contributed by atoms with E-state index in [1.54, 1.807) is 0 Å². The summed E-state index contributed by atoms with van der Waals surface area (Å²) in [5, 5.41) is 15.5. The standard InChI is InChI=1S/C18H21N3O2/c1-12-6-16(23-20-12)8-15-10-21(11-18(15)22)9-13-2-3-17-14(7-13)4-5-19-17/h2-7,15,18-19,22H,8-11H2,1H3/t15-,18-/m1/s1. The van der Waals surface area contributed by atoms with Crippen molar-refractivity contribution in [2.45, 2.75) is 26.0 Å². The van der Waals surface area contributed by atoms with Crippen LogP contribution >= 0.6 is 0 Å². The normalized spacial score (nSPS) is 22.2. The highest BCUT2D eigenvalue weighted by molar-refractivity contribution is 5.79. The number of hydrogen-bond acceptors (Lipinski definition) is 4. The van der Waals surface area contributed by atoms with Crippen molar-refractivity contribution in [1.82, 2.24) is 15.0 Å². The Kier molecular flexibility index (Phi) is 3.67. The Balaban J connectivity index is 1.42. The van der Waals surface area contributed by atoms with Crippen molar-refractivity contribution in [1.29, 1.82) is 0 Å². The first-order valence-electron chi connectivity index (χ1n) is 8.06. The monoisotopic (exact) mass is 311 g/mol. The lowest BCUT2D eigenvalue weighted by Crippen LogP contribution is -2.21. The van der Waals surface area contributed by atoms with Gasteiger partial charge in [-0.25, -0.2) is 0 Å². The average molecular weight is 311 g/mol. The van der Waals surface area contributed by atoms with Gasteiger partial charge in [0.1, 0.15) is 5.76 Å². The molecule has 5 nitrogen and oxygen atoms in total. The molecule has 2 atom stereocenters. The van der Waals surface area contributed by atoms with E-state index in [0.717, 1.165) is 36.5 Å². The average Bonchev–Trinajstić information content (AvgIpc) is 3.21. The largest absolute Gasteiger partial charge is 0.391 e. The lowest BCUT2D eigenvalue weighted by molar-refractivity contribution is 0.137. The Morgan fingerprint density at radius 2 is 2.22 bits per heavy atom. The molecule has 23 heavy (non-hydrogen) atoms. The number of likely N-dealkylation sites (tertiary alicyclic amines) is 1. The van der Waals surface area contributed by atoms with E-state index in [4.69, 9.17) is 4.52 Å². The van der Waals surface area contributed by atoms with Gasteiger partial charge in [0, 0.05) is 49.8 Å². The first kappa shape index (κ1) is 14.5. The summed E-state index contributed by atoms with van der Waals surface area (Å²) in [7, 11) is 0. The molecule has 2 N–H and O–H groups in total. The van der Waals surface area contributed by atoms with Gasteiger partial charge in [-0.1, -0.05) is 11.2 Å². The van der Waals surface area contributed by atoms with Crippen LogP contribution < -0.4 is 0 Å². The number of hydrogen-bond donors (Lipinski definition) is 2. The van der Waals surface area contributed by atoms with E-state index in [0.29, 0.717) is 6.54 Å². The molecule has 2 aromatic heterocycles. The molecule has 0 spiro atoms. The first-order chi connectivity index (χ1) is 11.2. The van der Waals surface area contributed by atoms with E-state index in [9.17, 15) is 5.11 Å². The quantitative estimate of drug-likeness (QED) is 0.777. The van der Waals surface area contributed by atoms with Crippen molar-refractivity contribution in [3.05, 3.63) is 53.5 Å². The minimum atomic E-state index is -0.309. The number of nitrogens with one attached hydrogen (secondary N) is 1. The van der Waals surface area contributed by atoms with E-state index in [1.165, 1.54) is 10.9 Å². The Hall–Kier alpha value is -2.11. The third kappa shape index (κ3) is 3.02. The summed E-state index contributed by atoms with van der Waals surface area (Å²) in [6, 6.07) is 10.5. The number of H-pyrrole nitrogens is 1. The molecule has 5 heteroatoms. The summed E-state index contributed by atoms with van der Waals surface area (Å²) in [5.74, 6) is 1.07. The Labute approximate surface area is 134 Å². The van der Waals surface area contributed by atoms with Gasteiger partial charge in [0.05, 0.1) is 11.8 Å². The highest BCUT2D eigenvalue weighted by Gasteiger charge is 2.32. The summed E-state index contributed by atoms with van der Waals surface area (Å²) in [5.41, 5.74) is 3.33. The summed E-state index contributed by atoms with van der Waals surface area (Å²) < 4.78 is 5.28. The second-order valence-electron chi connectivity index (χ2n) is 6.56. The second-order valence-corrected chi connectivity index (χ2v) is 6.56. The molecular weight excluding hydrogens is 290 g/mol. The van der Waals surface area contributed by atoms with E-state index in [1.807, 2.05) is 19.2 Å². The Morgan fingerprint density at radius 3 is 3.04 bits per heavy atom. The molecule has 1 aromatic carbocycles. The van der Waals surface area contributed by atoms with Crippen molar-refractivity contribution in [3.8, 4) is 0 Å². The lowest BCUT2D eigenvalue weighted by atomic mass is 10.0. The van der Waals surface area contributed by atoms with Gasteiger partial charge in [-0.2, -0.15) is 0 Å². The predicted octanol–water partition coefficient (Wildman–Crippen LogP) is 2.50. The van der Waals surface area contributed by atoms with E-state index >= 15 is 0 Å². The van der Waals surface area contributed by atoms with Crippen LogP contribution in [0.5, 0.6) is 0 Å². The molecular formula is C18H21N3O2. The zero-order chi connectivity index (χ0) is 15.8. The fourth-order valence-electron chi connectivity index (χ4n) is 3.50. The fraction of sp³-hybridized carbons (Fsp3) is 0.389. The summed E-state index contributed by atoms with van der Waals surface area (Å²) >= 11 is 0. The maximum absolute atomic E-state index is 10.3. The summed E-state index contributed by atoms with van der Waals surface area (Å²) in [4.78, 5) is 5.53. The highest BCUT2D eigenvalue weighted by atomic mass is 16.5.